The number of sulfonamides is 1. The molecule has 28 heavy (non-hydrogen) atoms. The van der Waals surface area contributed by atoms with Crippen molar-refractivity contribution in [2.45, 2.75) is 13.0 Å². The van der Waals surface area contributed by atoms with Crippen molar-refractivity contribution in [3.63, 3.8) is 0 Å². The van der Waals surface area contributed by atoms with Crippen LogP contribution in [0.5, 0.6) is 5.75 Å². The van der Waals surface area contributed by atoms with Gasteiger partial charge in [-0.3, -0.25) is 9.10 Å². The molecule has 0 fully saturated rings. The lowest BCUT2D eigenvalue weighted by Gasteiger charge is -2.33. The number of fused-ring (bicyclic) bond motifs is 1. The van der Waals surface area contributed by atoms with E-state index in [9.17, 15) is 18.0 Å². The third kappa shape index (κ3) is 3.94. The standard InChI is InChI=1S/C19H20N2O6S/c1-12-8-9-13(19(23)26-2)10-14(12)20-18(22)17-11-21(28(3,24)25)15-6-4-5-7-16(15)27-17/h4-10,17H,11H2,1-3H3,(H,20,22)/t17-/m0/s1. The smallest absolute Gasteiger partial charge is 0.337 e. The van der Waals surface area contributed by atoms with Gasteiger partial charge in [-0.2, -0.15) is 0 Å². The highest BCUT2D eigenvalue weighted by Crippen LogP contribution is 2.34. The van der Waals surface area contributed by atoms with Gasteiger partial charge in [-0.25, -0.2) is 13.2 Å². The van der Waals surface area contributed by atoms with E-state index in [4.69, 9.17) is 9.47 Å². The molecule has 0 aromatic heterocycles. The van der Waals surface area contributed by atoms with E-state index in [0.717, 1.165) is 16.1 Å². The molecule has 1 N–H and O–H groups in total. The molecule has 2 aromatic rings. The number of rotatable bonds is 4. The van der Waals surface area contributed by atoms with E-state index in [-0.39, 0.29) is 12.1 Å². The fourth-order valence-electron chi connectivity index (χ4n) is 2.87. The Bertz CT molecular complexity index is 1030. The van der Waals surface area contributed by atoms with Gasteiger partial charge in [-0.05, 0) is 36.8 Å². The fraction of sp³-hybridized carbons (Fsp3) is 0.263. The van der Waals surface area contributed by atoms with E-state index in [2.05, 4.69) is 5.32 Å². The predicted octanol–water partition coefficient (Wildman–Crippen LogP) is 1.95. The molecule has 1 amide bonds. The second-order valence-electron chi connectivity index (χ2n) is 6.38. The molecule has 1 aliphatic heterocycles. The number of methoxy groups -OCH3 is 1. The molecule has 0 bridgehead atoms. The summed E-state index contributed by atoms with van der Waals surface area (Å²) in [5.41, 5.74) is 1.83. The molecule has 2 aromatic carbocycles. The largest absolute Gasteiger partial charge is 0.476 e. The van der Waals surface area contributed by atoms with E-state index in [1.807, 2.05) is 0 Å². The number of aryl methyl sites for hydroxylation is 1. The Morgan fingerprint density at radius 1 is 1.21 bits per heavy atom. The molecule has 0 spiro atoms. The van der Waals surface area contributed by atoms with Crippen LogP contribution in [-0.4, -0.2) is 46.3 Å². The number of amides is 1. The molecule has 148 valence electrons. The van der Waals surface area contributed by atoms with E-state index in [0.29, 0.717) is 17.1 Å². The minimum Gasteiger partial charge on any atom is -0.476 e. The molecule has 0 aliphatic carbocycles. The summed E-state index contributed by atoms with van der Waals surface area (Å²) in [7, 11) is -2.32. The van der Waals surface area contributed by atoms with Crippen molar-refractivity contribution >= 4 is 33.3 Å². The monoisotopic (exact) mass is 404 g/mol. The Labute approximate surface area is 163 Å². The van der Waals surface area contributed by atoms with Gasteiger partial charge in [0.2, 0.25) is 10.0 Å². The summed E-state index contributed by atoms with van der Waals surface area (Å²) in [5, 5.41) is 2.71. The molecule has 1 atom stereocenters. The first kappa shape index (κ1) is 19.7. The summed E-state index contributed by atoms with van der Waals surface area (Å²) < 4.78 is 35.9. The van der Waals surface area contributed by atoms with Crippen LogP contribution in [0.1, 0.15) is 15.9 Å². The van der Waals surface area contributed by atoms with Crippen molar-refractivity contribution in [2.75, 3.05) is 29.5 Å². The minimum atomic E-state index is -3.60. The van der Waals surface area contributed by atoms with Crippen LogP contribution in [0.3, 0.4) is 0 Å². The highest BCUT2D eigenvalue weighted by molar-refractivity contribution is 7.92. The van der Waals surface area contributed by atoms with Crippen molar-refractivity contribution in [3.8, 4) is 5.75 Å². The number of benzene rings is 2. The molecule has 1 aliphatic rings. The highest BCUT2D eigenvalue weighted by Gasteiger charge is 2.35. The maximum atomic E-state index is 12.8. The van der Waals surface area contributed by atoms with Crippen LogP contribution in [0.4, 0.5) is 11.4 Å². The number of ether oxygens (including phenoxy) is 2. The lowest BCUT2D eigenvalue weighted by Crippen LogP contribution is -2.48. The van der Waals surface area contributed by atoms with E-state index in [1.54, 1.807) is 43.3 Å². The summed E-state index contributed by atoms with van der Waals surface area (Å²) in [6, 6.07) is 11.4. The Hall–Kier alpha value is -3.07. The number of carbonyl (C=O) groups is 2. The van der Waals surface area contributed by atoms with Crippen LogP contribution in [0.15, 0.2) is 42.5 Å². The molecular weight excluding hydrogens is 384 g/mol. The maximum Gasteiger partial charge on any atom is 0.337 e. The number of hydrogen-bond acceptors (Lipinski definition) is 6. The van der Waals surface area contributed by atoms with Crippen molar-refractivity contribution in [3.05, 3.63) is 53.6 Å². The van der Waals surface area contributed by atoms with Crippen molar-refractivity contribution < 1.29 is 27.5 Å². The topological polar surface area (TPSA) is 102 Å². The Morgan fingerprint density at radius 3 is 2.61 bits per heavy atom. The quantitative estimate of drug-likeness (QED) is 0.782. The fourth-order valence-corrected chi connectivity index (χ4v) is 3.78. The molecule has 1 heterocycles. The van der Waals surface area contributed by atoms with Crippen LogP contribution < -0.4 is 14.4 Å². The third-order valence-corrected chi connectivity index (χ3v) is 5.49. The SMILES string of the molecule is COC(=O)c1ccc(C)c(NC(=O)[C@@H]2CN(S(C)(=O)=O)c3ccccc3O2)c1. The Kier molecular flexibility index (Phi) is 5.28. The summed E-state index contributed by atoms with van der Waals surface area (Å²) >= 11 is 0. The normalized spacial score (nSPS) is 16.0. The van der Waals surface area contributed by atoms with Crippen molar-refractivity contribution in [1.82, 2.24) is 0 Å². The number of para-hydroxylation sites is 2. The van der Waals surface area contributed by atoms with Gasteiger partial charge in [-0.1, -0.05) is 18.2 Å². The second kappa shape index (κ2) is 7.51. The van der Waals surface area contributed by atoms with Gasteiger partial charge in [0.15, 0.2) is 6.10 Å². The van der Waals surface area contributed by atoms with Crippen LogP contribution in [0.25, 0.3) is 0 Å². The van der Waals surface area contributed by atoms with Crippen LogP contribution >= 0.6 is 0 Å². The minimum absolute atomic E-state index is 0.155. The lowest BCUT2D eigenvalue weighted by molar-refractivity contribution is -0.122. The van der Waals surface area contributed by atoms with Gasteiger partial charge in [0, 0.05) is 5.69 Å². The van der Waals surface area contributed by atoms with Crippen molar-refractivity contribution in [2.24, 2.45) is 0 Å². The molecule has 3 rings (SSSR count). The summed E-state index contributed by atoms with van der Waals surface area (Å²) in [4.78, 5) is 24.5. The Balaban J connectivity index is 1.87. The van der Waals surface area contributed by atoms with Crippen LogP contribution in [-0.2, 0) is 19.6 Å². The molecular formula is C19H20N2O6S. The number of carbonyl (C=O) groups excluding carboxylic acids is 2. The van der Waals surface area contributed by atoms with E-state index < -0.39 is 28.0 Å². The second-order valence-corrected chi connectivity index (χ2v) is 8.29. The van der Waals surface area contributed by atoms with Crippen LogP contribution in [0.2, 0.25) is 0 Å². The van der Waals surface area contributed by atoms with Gasteiger partial charge in [0.1, 0.15) is 5.75 Å². The number of hydrogen-bond donors (Lipinski definition) is 1. The number of nitrogens with zero attached hydrogens (tertiary/aromatic N) is 1. The van der Waals surface area contributed by atoms with Gasteiger partial charge >= 0.3 is 5.97 Å². The molecule has 0 unspecified atom stereocenters. The zero-order valence-corrected chi connectivity index (χ0v) is 16.4. The predicted molar refractivity (Wildman–Crippen MR) is 104 cm³/mol. The lowest BCUT2D eigenvalue weighted by atomic mass is 10.1. The molecule has 9 heteroatoms. The summed E-state index contributed by atoms with van der Waals surface area (Å²) in [6.07, 6.45) is 0.0272. The van der Waals surface area contributed by atoms with Gasteiger partial charge in [-0.15, -0.1) is 0 Å². The molecule has 8 nitrogen and oxygen atoms in total. The first-order chi connectivity index (χ1) is 13.2. The maximum absolute atomic E-state index is 12.8. The average Bonchev–Trinajstić information content (AvgIpc) is 2.67. The Morgan fingerprint density at radius 2 is 1.93 bits per heavy atom. The van der Waals surface area contributed by atoms with Crippen molar-refractivity contribution in [1.29, 1.82) is 0 Å². The zero-order valence-electron chi connectivity index (χ0n) is 15.6. The highest BCUT2D eigenvalue weighted by atomic mass is 32.2. The number of anilines is 2. The van der Waals surface area contributed by atoms with Gasteiger partial charge in [0.05, 0.1) is 31.2 Å². The first-order valence-corrected chi connectivity index (χ1v) is 10.3. The number of esters is 1. The van der Waals surface area contributed by atoms with Crippen LogP contribution in [0, 0.1) is 6.92 Å². The molecule has 0 saturated heterocycles. The van der Waals surface area contributed by atoms with E-state index >= 15 is 0 Å². The molecule has 0 saturated carbocycles. The summed E-state index contributed by atoms with van der Waals surface area (Å²) in [6.45, 7) is 1.62. The first-order valence-electron chi connectivity index (χ1n) is 8.44. The molecule has 0 radical (unpaired) electrons. The van der Waals surface area contributed by atoms with E-state index in [1.165, 1.54) is 13.2 Å². The van der Waals surface area contributed by atoms with Gasteiger partial charge < -0.3 is 14.8 Å². The summed E-state index contributed by atoms with van der Waals surface area (Å²) in [5.74, 6) is -0.741. The third-order valence-electron chi connectivity index (χ3n) is 4.34. The van der Waals surface area contributed by atoms with Gasteiger partial charge in [0.25, 0.3) is 5.91 Å². The average molecular weight is 404 g/mol. The number of nitrogens with one attached hydrogen (secondary N) is 1. The zero-order chi connectivity index (χ0) is 20.5.